The number of nitrogens with one attached hydrogen (secondary N) is 1. The third-order valence-electron chi connectivity index (χ3n) is 5.19. The molecule has 5 nitrogen and oxygen atoms in total. The molecule has 2 aromatic rings. The van der Waals surface area contributed by atoms with E-state index in [0.29, 0.717) is 12.0 Å². The van der Waals surface area contributed by atoms with Gasteiger partial charge in [0.25, 0.3) is 0 Å². The molecule has 2 aromatic heterocycles. The molecule has 0 amide bonds. The first kappa shape index (κ1) is 15.0. The van der Waals surface area contributed by atoms with E-state index in [2.05, 4.69) is 29.4 Å². The Morgan fingerprint density at radius 3 is 2.96 bits per heavy atom. The quantitative estimate of drug-likeness (QED) is 0.921. The second kappa shape index (κ2) is 6.13. The number of nitrogens with zero attached hydrogens (tertiary/aromatic N) is 2. The summed E-state index contributed by atoms with van der Waals surface area (Å²) in [7, 11) is 2.02. The van der Waals surface area contributed by atoms with Crippen LogP contribution in [0.1, 0.15) is 55.4 Å². The van der Waals surface area contributed by atoms with E-state index in [1.54, 1.807) is 0 Å². The molecule has 2 aliphatic rings. The van der Waals surface area contributed by atoms with E-state index in [0.717, 1.165) is 49.1 Å². The highest BCUT2D eigenvalue weighted by molar-refractivity contribution is 5.17. The van der Waals surface area contributed by atoms with Gasteiger partial charge in [-0.1, -0.05) is 6.92 Å². The average molecular weight is 315 g/mol. The maximum Gasteiger partial charge on any atom is 0.117 e. The van der Waals surface area contributed by atoms with Gasteiger partial charge in [-0.25, -0.2) is 4.98 Å². The third kappa shape index (κ3) is 3.21. The van der Waals surface area contributed by atoms with Crippen LogP contribution in [-0.4, -0.2) is 22.2 Å². The van der Waals surface area contributed by atoms with Gasteiger partial charge >= 0.3 is 0 Å². The molecule has 5 heteroatoms. The molecule has 1 saturated heterocycles. The molecule has 1 saturated carbocycles. The molecule has 4 atom stereocenters. The second-order valence-electron chi connectivity index (χ2n) is 7.01. The number of aryl methyl sites for hydroxylation is 1. The summed E-state index contributed by atoms with van der Waals surface area (Å²) in [5, 5.41) is 3.63. The van der Waals surface area contributed by atoms with Crippen LogP contribution in [0.25, 0.3) is 0 Å². The van der Waals surface area contributed by atoms with E-state index in [1.807, 2.05) is 24.1 Å². The van der Waals surface area contributed by atoms with E-state index < -0.39 is 0 Å². The number of aromatic nitrogens is 2. The van der Waals surface area contributed by atoms with Gasteiger partial charge in [-0.3, -0.25) is 0 Å². The van der Waals surface area contributed by atoms with Crippen LogP contribution in [0.4, 0.5) is 0 Å². The van der Waals surface area contributed by atoms with Gasteiger partial charge in [-0.2, -0.15) is 0 Å². The van der Waals surface area contributed by atoms with Crippen LogP contribution in [0, 0.1) is 5.92 Å². The Labute approximate surface area is 137 Å². The summed E-state index contributed by atoms with van der Waals surface area (Å²) >= 11 is 0. The zero-order valence-corrected chi connectivity index (χ0v) is 13.9. The number of furan rings is 1. The topological polar surface area (TPSA) is 52.2 Å². The van der Waals surface area contributed by atoms with Crippen LogP contribution in [0.3, 0.4) is 0 Å². The van der Waals surface area contributed by atoms with Gasteiger partial charge in [0.1, 0.15) is 17.6 Å². The summed E-state index contributed by atoms with van der Waals surface area (Å²) in [6.07, 6.45) is 7.16. The van der Waals surface area contributed by atoms with Gasteiger partial charge in [-0.15, -0.1) is 0 Å². The Kier molecular flexibility index (Phi) is 3.99. The normalized spacial score (nSPS) is 30.5. The van der Waals surface area contributed by atoms with E-state index in [1.165, 1.54) is 6.42 Å². The minimum atomic E-state index is 0.133. The Bertz CT molecular complexity index is 663. The molecule has 4 rings (SSSR count). The first-order chi connectivity index (χ1) is 11.2. The van der Waals surface area contributed by atoms with E-state index >= 15 is 0 Å². The predicted molar refractivity (Wildman–Crippen MR) is 87.0 cm³/mol. The van der Waals surface area contributed by atoms with Crippen LogP contribution in [0.15, 0.2) is 29.1 Å². The van der Waals surface area contributed by atoms with Gasteiger partial charge in [-0.05, 0) is 37.3 Å². The smallest absolute Gasteiger partial charge is 0.117 e. The van der Waals surface area contributed by atoms with Gasteiger partial charge in [0.15, 0.2) is 0 Å². The third-order valence-corrected chi connectivity index (χ3v) is 5.19. The van der Waals surface area contributed by atoms with Crippen molar-refractivity contribution in [2.24, 2.45) is 13.0 Å². The molecule has 0 unspecified atom stereocenters. The van der Waals surface area contributed by atoms with Crippen LogP contribution in [0.2, 0.25) is 0 Å². The summed E-state index contributed by atoms with van der Waals surface area (Å²) in [5.74, 6) is 3.65. The fraction of sp³-hybridized carbons (Fsp3) is 0.611. The molecule has 0 bridgehead atoms. The highest BCUT2D eigenvalue weighted by Crippen LogP contribution is 2.47. The zero-order valence-electron chi connectivity index (χ0n) is 13.9. The van der Waals surface area contributed by atoms with Crippen LogP contribution in [-0.2, 0) is 18.3 Å². The van der Waals surface area contributed by atoms with Crippen molar-refractivity contribution in [1.82, 2.24) is 14.9 Å². The molecule has 0 spiro atoms. The minimum absolute atomic E-state index is 0.133. The minimum Gasteiger partial charge on any atom is -0.464 e. The fourth-order valence-corrected chi connectivity index (χ4v) is 3.52. The van der Waals surface area contributed by atoms with Crippen molar-refractivity contribution in [2.45, 2.75) is 50.8 Å². The number of hydrogen-bond donors (Lipinski definition) is 1. The molecule has 1 N–H and O–H groups in total. The van der Waals surface area contributed by atoms with E-state index in [4.69, 9.17) is 9.15 Å². The lowest BCUT2D eigenvalue weighted by atomic mass is 10.0. The fourth-order valence-electron chi connectivity index (χ4n) is 3.52. The standard InChI is InChI=1S/C18H25N3O2/c1-12-7-15(12)17-4-3-14(23-17)9-20-13-5-6-22-18(8-13)16-10-19-11-21(16)2/h3-4,10-13,15,18,20H,5-9H2,1-2H3/t12-,13+,15+,18+/m1/s1. The Morgan fingerprint density at radius 1 is 1.35 bits per heavy atom. The number of imidazole rings is 1. The molecular formula is C18H25N3O2. The lowest BCUT2D eigenvalue weighted by Crippen LogP contribution is -2.36. The SMILES string of the molecule is C[C@@H]1C[C@@H]1c1ccc(CN[C@H]2CCO[C@H](c3cncn3C)C2)o1. The Morgan fingerprint density at radius 2 is 2.22 bits per heavy atom. The lowest BCUT2D eigenvalue weighted by molar-refractivity contribution is -0.00431. The van der Waals surface area contributed by atoms with E-state index in [-0.39, 0.29) is 6.10 Å². The maximum atomic E-state index is 5.98. The molecule has 124 valence electrons. The molecule has 1 aliphatic heterocycles. The first-order valence-corrected chi connectivity index (χ1v) is 8.60. The van der Waals surface area contributed by atoms with Gasteiger partial charge in [0, 0.05) is 25.6 Å². The van der Waals surface area contributed by atoms with Crippen molar-refractivity contribution in [3.05, 3.63) is 41.9 Å². The van der Waals surface area contributed by atoms with Crippen molar-refractivity contribution in [3.63, 3.8) is 0 Å². The summed E-state index contributed by atoms with van der Waals surface area (Å²) in [5.41, 5.74) is 1.15. The van der Waals surface area contributed by atoms with Crippen LogP contribution < -0.4 is 5.32 Å². The highest BCUT2D eigenvalue weighted by Gasteiger charge is 2.36. The van der Waals surface area contributed by atoms with Crippen molar-refractivity contribution in [1.29, 1.82) is 0 Å². The van der Waals surface area contributed by atoms with Crippen LogP contribution in [0.5, 0.6) is 0 Å². The number of hydrogen-bond acceptors (Lipinski definition) is 4. The Balaban J connectivity index is 1.32. The second-order valence-corrected chi connectivity index (χ2v) is 7.01. The van der Waals surface area contributed by atoms with Crippen molar-refractivity contribution in [3.8, 4) is 0 Å². The molecule has 1 aliphatic carbocycles. The van der Waals surface area contributed by atoms with Crippen LogP contribution >= 0.6 is 0 Å². The van der Waals surface area contributed by atoms with E-state index in [9.17, 15) is 0 Å². The number of rotatable bonds is 5. The number of ether oxygens (including phenoxy) is 1. The van der Waals surface area contributed by atoms with Crippen molar-refractivity contribution in [2.75, 3.05) is 6.61 Å². The summed E-state index contributed by atoms with van der Waals surface area (Å²) in [6.45, 7) is 3.87. The zero-order chi connectivity index (χ0) is 15.8. The Hall–Kier alpha value is -1.59. The first-order valence-electron chi connectivity index (χ1n) is 8.60. The molecule has 23 heavy (non-hydrogen) atoms. The monoisotopic (exact) mass is 315 g/mol. The van der Waals surface area contributed by atoms with Gasteiger partial charge < -0.3 is 19.0 Å². The maximum absolute atomic E-state index is 5.98. The lowest BCUT2D eigenvalue weighted by Gasteiger charge is -2.30. The van der Waals surface area contributed by atoms with Crippen molar-refractivity contribution < 1.29 is 9.15 Å². The molecule has 3 heterocycles. The summed E-state index contributed by atoms with van der Waals surface area (Å²) < 4.78 is 13.9. The van der Waals surface area contributed by atoms with Gasteiger partial charge in [0.05, 0.1) is 24.8 Å². The van der Waals surface area contributed by atoms with Crippen molar-refractivity contribution >= 4 is 0 Å². The summed E-state index contributed by atoms with van der Waals surface area (Å²) in [6, 6.07) is 4.72. The van der Waals surface area contributed by atoms with Gasteiger partial charge in [0.2, 0.25) is 0 Å². The highest BCUT2D eigenvalue weighted by atomic mass is 16.5. The largest absolute Gasteiger partial charge is 0.464 e. The molecule has 0 radical (unpaired) electrons. The summed E-state index contributed by atoms with van der Waals surface area (Å²) in [4.78, 5) is 4.19. The molecule has 0 aromatic carbocycles. The molecular weight excluding hydrogens is 290 g/mol. The predicted octanol–water partition coefficient (Wildman–Crippen LogP) is 3.15. The molecule has 2 fully saturated rings. The average Bonchev–Trinajstić information content (AvgIpc) is 2.96.